The van der Waals surface area contributed by atoms with Crippen molar-refractivity contribution in [1.82, 2.24) is 0 Å². The molecule has 54 heavy (non-hydrogen) atoms. The Kier molecular flexibility index (Phi) is 13.8. The minimum Gasteiger partial charge on any atom is -0.246 e. The van der Waals surface area contributed by atoms with Crippen molar-refractivity contribution < 1.29 is 56.6 Å². The third-order valence-electron chi connectivity index (χ3n) is 8.32. The molecule has 3 aromatic rings. The Morgan fingerprint density at radius 2 is 1.43 bits per heavy atom. The van der Waals surface area contributed by atoms with E-state index in [1.807, 2.05) is 0 Å². The summed E-state index contributed by atoms with van der Waals surface area (Å²) in [7, 11) is 3.51. The molecule has 2 atom stereocenters. The van der Waals surface area contributed by atoms with Crippen molar-refractivity contribution in [3.8, 4) is 11.1 Å². The summed E-state index contributed by atoms with van der Waals surface area (Å²) in [6, 6.07) is 1.06. The second-order valence-electron chi connectivity index (χ2n) is 11.8. The number of aliphatic imine (C=N–C) groups is 2. The maximum Gasteiger partial charge on any atom is 0.178 e. The third kappa shape index (κ3) is 7.97. The van der Waals surface area contributed by atoms with Gasteiger partial charge < -0.3 is 0 Å². The molecule has 0 bridgehead atoms. The van der Waals surface area contributed by atoms with Crippen LogP contribution in [-0.4, -0.2) is 11.5 Å². The Hall–Kier alpha value is -3.74. The highest BCUT2D eigenvalue weighted by Crippen LogP contribution is 2.42. The van der Waals surface area contributed by atoms with Crippen LogP contribution in [0.4, 0.5) is 56.6 Å². The van der Waals surface area contributed by atoms with Crippen LogP contribution < -0.4 is 5.30 Å². The molecule has 4 rings (SSSR count). The summed E-state index contributed by atoms with van der Waals surface area (Å²) in [6.45, 7) is 6.09. The smallest absolute Gasteiger partial charge is 0.178 e. The van der Waals surface area contributed by atoms with Gasteiger partial charge in [-0.15, -0.1) is 18.5 Å². The van der Waals surface area contributed by atoms with E-state index in [9.17, 15) is 34.6 Å². The molecular weight excluding hydrogens is 801 g/mol. The molecule has 18 heteroatoms. The number of aryl methyl sites for hydroxylation is 1. The molecule has 288 valence electrons. The first-order valence-electron chi connectivity index (χ1n) is 15.6. The lowest BCUT2D eigenvalue weighted by molar-refractivity contribution is 0.428. The lowest BCUT2D eigenvalue weighted by Gasteiger charge is -2.18. The number of unbranched alkanes of at least 4 members (excludes halogenated alkanes) is 1. The van der Waals surface area contributed by atoms with Gasteiger partial charge in [-0.3, -0.25) is 0 Å². The Balaban J connectivity index is 2.08. The summed E-state index contributed by atoms with van der Waals surface area (Å²) in [5, 5.41) is -1.55. The molecule has 0 N–H and O–H groups in total. The largest absolute Gasteiger partial charge is 0.246 e. The molecule has 2 nitrogen and oxygen atoms in total. The van der Waals surface area contributed by atoms with Crippen LogP contribution in [0.5, 0.6) is 0 Å². The fourth-order valence-electron chi connectivity index (χ4n) is 5.46. The Morgan fingerprint density at radius 3 is 1.98 bits per heavy atom. The molecule has 0 aromatic heterocycles. The van der Waals surface area contributed by atoms with E-state index in [4.69, 9.17) is 0 Å². The lowest BCUT2D eigenvalue weighted by Crippen LogP contribution is -2.21. The van der Waals surface area contributed by atoms with Crippen molar-refractivity contribution >= 4 is 47.5 Å². The maximum atomic E-state index is 16.1. The van der Waals surface area contributed by atoms with Crippen LogP contribution in [0.25, 0.3) is 11.1 Å². The van der Waals surface area contributed by atoms with E-state index in [-0.39, 0.29) is 30.0 Å². The van der Waals surface area contributed by atoms with Gasteiger partial charge >= 0.3 is 0 Å². The summed E-state index contributed by atoms with van der Waals surface area (Å²) in [5.41, 5.74) is -7.84. The standard InChI is InChI=1S/C36H27F13N2P2S/c1-5-6-7-20(23-19(39)10-15(27(43)34(23)53)22-28(44)31(47)35(54-49)32(48)29(22)45)51-36(16-8-12(2)17(11-37)26(42)25(16)41)50-14(4)21-18(38)9-13(3)24(40)30(46)33(21)52/h8,10H,4-7,9,11,52-53H2,1-3H3/b50-36-,51-20+. The van der Waals surface area contributed by atoms with Crippen molar-refractivity contribution in [2.24, 2.45) is 9.98 Å². The van der Waals surface area contributed by atoms with Crippen molar-refractivity contribution in [3.63, 3.8) is 0 Å². The van der Waals surface area contributed by atoms with Gasteiger partial charge in [0.1, 0.15) is 29.0 Å². The molecule has 0 spiro atoms. The van der Waals surface area contributed by atoms with E-state index in [1.165, 1.54) is 6.92 Å². The number of benzene rings is 3. The first-order chi connectivity index (χ1) is 25.3. The minimum absolute atomic E-state index is 0.131. The van der Waals surface area contributed by atoms with E-state index >= 15 is 22.0 Å². The van der Waals surface area contributed by atoms with Crippen LogP contribution in [-0.2, 0) is 6.67 Å². The molecule has 0 aliphatic heterocycles. The average Bonchev–Trinajstić information content (AvgIpc) is 3.19. The van der Waals surface area contributed by atoms with Gasteiger partial charge in [0.2, 0.25) is 0 Å². The van der Waals surface area contributed by atoms with Gasteiger partial charge in [-0.2, -0.15) is 3.89 Å². The predicted molar refractivity (Wildman–Crippen MR) is 190 cm³/mol. The van der Waals surface area contributed by atoms with Crippen molar-refractivity contribution in [1.29, 1.82) is 0 Å². The summed E-state index contributed by atoms with van der Waals surface area (Å²) in [6.07, 6.45) is -0.586. The first kappa shape index (κ1) is 43.0. The number of hydrogen-bond donors (Lipinski definition) is 0. The topological polar surface area (TPSA) is 24.7 Å². The fourth-order valence-corrected chi connectivity index (χ4v) is 6.69. The van der Waals surface area contributed by atoms with Crippen molar-refractivity contribution in [2.75, 3.05) is 0 Å². The van der Waals surface area contributed by atoms with Crippen LogP contribution in [0.3, 0.4) is 0 Å². The Morgan fingerprint density at radius 1 is 0.815 bits per heavy atom. The normalized spacial score (nSPS) is 14.5. The summed E-state index contributed by atoms with van der Waals surface area (Å²) >= 11 is -1.17. The number of nitrogens with zero attached hydrogens (tertiary/aromatic N) is 2. The van der Waals surface area contributed by atoms with Gasteiger partial charge in [-0.05, 0) is 50.0 Å². The zero-order valence-corrected chi connectivity index (χ0v) is 31.4. The fraction of sp³-hybridized carbons (Fsp3) is 0.222. The third-order valence-corrected chi connectivity index (χ3v) is 9.92. The number of alkyl halides is 1. The minimum atomic E-state index is -2.24. The molecule has 0 radical (unpaired) electrons. The van der Waals surface area contributed by atoms with Crippen LogP contribution in [0.15, 0.2) is 73.2 Å². The van der Waals surface area contributed by atoms with Crippen LogP contribution in [0, 0.1) is 53.5 Å². The Labute approximate surface area is 309 Å². The summed E-state index contributed by atoms with van der Waals surface area (Å²) in [5.74, 6) is -20.5. The van der Waals surface area contributed by atoms with Gasteiger partial charge in [0.15, 0.2) is 52.4 Å². The second kappa shape index (κ2) is 17.4. The highest BCUT2D eigenvalue weighted by Gasteiger charge is 2.32. The molecule has 0 amide bonds. The zero-order valence-electron chi connectivity index (χ0n) is 28.3. The first-order valence-corrected chi connectivity index (χ1v) is 17.4. The monoisotopic (exact) mass is 828 g/mol. The number of hydrogen-bond acceptors (Lipinski definition) is 2. The number of allylic oxidation sites excluding steroid dienone is 5. The van der Waals surface area contributed by atoms with Crippen LogP contribution in [0.2, 0.25) is 0 Å². The molecule has 0 heterocycles. The molecule has 0 saturated heterocycles. The molecule has 0 fully saturated rings. The van der Waals surface area contributed by atoms with Crippen LogP contribution >= 0.6 is 30.6 Å². The van der Waals surface area contributed by atoms with Gasteiger partial charge in [-0.25, -0.2) is 62.7 Å². The van der Waals surface area contributed by atoms with Gasteiger partial charge in [0.25, 0.3) is 0 Å². The number of rotatable bonds is 10. The summed E-state index contributed by atoms with van der Waals surface area (Å²) in [4.78, 5) is 6.50. The van der Waals surface area contributed by atoms with E-state index in [2.05, 4.69) is 16.6 Å². The van der Waals surface area contributed by atoms with E-state index < -0.39 is 155 Å². The van der Waals surface area contributed by atoms with E-state index in [0.717, 1.165) is 13.0 Å². The van der Waals surface area contributed by atoms with Gasteiger partial charge in [0.05, 0.1) is 34.7 Å². The van der Waals surface area contributed by atoms with Gasteiger partial charge in [0, 0.05) is 39.3 Å². The van der Waals surface area contributed by atoms with Gasteiger partial charge in [-0.1, -0.05) is 19.9 Å². The molecule has 1 aliphatic carbocycles. The zero-order chi connectivity index (χ0) is 40.5. The second-order valence-corrected chi connectivity index (χ2v) is 13.6. The SMILES string of the molecule is C=C(/N=C(\N=C(/CCCC)c1c(F)cc(-c2c(F)c(F)c(SF)c(F)c2F)c(F)c1P)c1cc(C)c(CF)c(F)c1F)C1=C(F)CC(C)=C(F)C(F)=C1P. The molecule has 1 aliphatic rings. The maximum absolute atomic E-state index is 16.1. The molecule has 2 unspecified atom stereocenters. The van der Waals surface area contributed by atoms with E-state index in [0.29, 0.717) is 6.42 Å². The van der Waals surface area contributed by atoms with Crippen molar-refractivity contribution in [3.05, 3.63) is 127 Å². The summed E-state index contributed by atoms with van der Waals surface area (Å²) < 4.78 is 193. The lowest BCUT2D eigenvalue weighted by atomic mass is 9.97. The Bertz CT molecular complexity index is 2210. The average molecular weight is 829 g/mol. The predicted octanol–water partition coefficient (Wildman–Crippen LogP) is 12.6. The van der Waals surface area contributed by atoms with E-state index in [1.54, 1.807) is 25.4 Å². The highest BCUT2D eigenvalue weighted by atomic mass is 32.2. The van der Waals surface area contributed by atoms with Crippen LogP contribution in [0.1, 0.15) is 61.8 Å². The molecule has 0 saturated carbocycles. The number of halogens is 13. The van der Waals surface area contributed by atoms with Crippen molar-refractivity contribution in [2.45, 2.75) is 58.0 Å². The highest BCUT2D eigenvalue weighted by molar-refractivity contribution is 7.94. The quantitative estimate of drug-likeness (QED) is 0.0657. The molecular formula is C36H27F13N2P2S. The molecule has 3 aromatic carbocycles. The number of amidine groups is 1.